The van der Waals surface area contributed by atoms with Gasteiger partial charge in [0.05, 0.1) is 5.56 Å². The molecule has 0 saturated heterocycles. The zero-order chi connectivity index (χ0) is 37.6. The summed E-state index contributed by atoms with van der Waals surface area (Å²) < 4.78 is 45.0. The van der Waals surface area contributed by atoms with Crippen LogP contribution in [-0.2, 0) is 6.18 Å². The van der Waals surface area contributed by atoms with Crippen molar-refractivity contribution in [3.05, 3.63) is 166 Å². The van der Waals surface area contributed by atoms with Crippen LogP contribution < -0.4 is 0 Å². The number of rotatable bonds is 6. The zero-order valence-electron chi connectivity index (χ0n) is 31.1. The lowest BCUT2D eigenvalue weighted by atomic mass is 9.78. The van der Waals surface area contributed by atoms with Crippen LogP contribution in [0.15, 0.2) is 122 Å². The van der Waals surface area contributed by atoms with Gasteiger partial charge in [-0.05, 0) is 173 Å². The molecule has 7 aromatic rings. The molecule has 264 valence electrons. The smallest absolute Gasteiger partial charge is 0.264 e. The number of pyridine rings is 2. The normalized spacial score (nSPS) is 11.6. The van der Waals surface area contributed by atoms with E-state index in [9.17, 15) is 13.2 Å². The summed E-state index contributed by atoms with van der Waals surface area (Å²) >= 11 is 0. The first-order valence-corrected chi connectivity index (χ1v) is 17.8. The van der Waals surface area contributed by atoms with E-state index >= 15 is 0 Å². The molecule has 0 atom stereocenters. The number of halogens is 3. The molecule has 0 N–H and O–H groups in total. The number of hydrogen-bond acceptors (Lipinski definition) is 2. The molecule has 0 aliphatic carbocycles. The first kappa shape index (κ1) is 35.6. The van der Waals surface area contributed by atoms with Crippen molar-refractivity contribution in [1.29, 1.82) is 0 Å². The lowest BCUT2D eigenvalue weighted by Gasteiger charge is -2.26. The van der Waals surface area contributed by atoms with Crippen molar-refractivity contribution in [2.45, 2.75) is 54.6 Å². The van der Waals surface area contributed by atoms with Crippen LogP contribution in [0.5, 0.6) is 0 Å². The van der Waals surface area contributed by atoms with Crippen LogP contribution in [0.3, 0.4) is 0 Å². The second kappa shape index (κ2) is 14.0. The van der Waals surface area contributed by atoms with E-state index in [1.807, 2.05) is 48.8 Å². The van der Waals surface area contributed by atoms with Gasteiger partial charge in [0.1, 0.15) is 0 Å². The summed E-state index contributed by atoms with van der Waals surface area (Å²) in [6.45, 7) is 14.6. The molecule has 53 heavy (non-hydrogen) atoms. The zero-order valence-corrected chi connectivity index (χ0v) is 31.1. The summed E-state index contributed by atoms with van der Waals surface area (Å²) in [7, 11) is 0. The minimum atomic E-state index is -4.57. The molecule has 2 nitrogen and oxygen atoms in total. The fourth-order valence-corrected chi connectivity index (χ4v) is 8.41. The van der Waals surface area contributed by atoms with Crippen LogP contribution in [0, 0.1) is 48.5 Å². The highest BCUT2D eigenvalue weighted by Gasteiger charge is 2.35. The minimum absolute atomic E-state index is 0.143. The Labute approximate surface area is 310 Å². The number of nitrogens with zero attached hydrogens (tertiary/aromatic N) is 2. The first-order valence-electron chi connectivity index (χ1n) is 17.8. The molecule has 5 heteroatoms. The minimum Gasteiger partial charge on any atom is -0.264 e. The van der Waals surface area contributed by atoms with Crippen molar-refractivity contribution in [3.63, 3.8) is 0 Å². The third-order valence-electron chi connectivity index (χ3n) is 10.5. The highest BCUT2D eigenvalue weighted by atomic mass is 19.4. The quantitative estimate of drug-likeness (QED) is 0.172. The Kier molecular flexibility index (Phi) is 9.38. The molecular weight excluding hydrogens is 662 g/mol. The van der Waals surface area contributed by atoms with E-state index in [1.54, 1.807) is 24.5 Å². The van der Waals surface area contributed by atoms with E-state index in [1.165, 1.54) is 12.1 Å². The molecule has 0 unspecified atom stereocenters. The number of alkyl halides is 3. The number of benzene rings is 5. The van der Waals surface area contributed by atoms with E-state index in [-0.39, 0.29) is 5.56 Å². The SMILES string of the molecule is Cc1ccccc1-c1cc(-c2c(C)cc(C)c(-c3cccnc3)c2C)c(-c2ccccc2C(F)(F)F)cc1-c1c(C)cc(C)c(-c2cccnc2)c1C. The van der Waals surface area contributed by atoms with E-state index in [0.29, 0.717) is 5.56 Å². The van der Waals surface area contributed by atoms with E-state index in [4.69, 9.17) is 0 Å². The summed E-state index contributed by atoms with van der Waals surface area (Å²) in [5, 5.41) is 0. The highest BCUT2D eigenvalue weighted by Crippen LogP contribution is 2.50. The monoisotopic (exact) mass is 702 g/mol. The van der Waals surface area contributed by atoms with Crippen LogP contribution in [0.2, 0.25) is 0 Å². The van der Waals surface area contributed by atoms with Gasteiger partial charge in [-0.1, -0.05) is 66.7 Å². The average Bonchev–Trinajstić information content (AvgIpc) is 3.12. The Morgan fingerprint density at radius 2 is 0.830 bits per heavy atom. The first-order chi connectivity index (χ1) is 25.4. The summed E-state index contributed by atoms with van der Waals surface area (Å²) in [6, 6.07) is 30.6. The molecule has 0 spiro atoms. The van der Waals surface area contributed by atoms with Crippen LogP contribution in [0.1, 0.15) is 44.5 Å². The highest BCUT2D eigenvalue weighted by molar-refractivity contribution is 6.00. The Balaban J connectivity index is 1.68. The number of hydrogen-bond donors (Lipinski definition) is 0. The maximum atomic E-state index is 15.0. The molecule has 0 saturated carbocycles. The average molecular weight is 703 g/mol. The Hall–Kier alpha value is -5.81. The summed E-state index contributed by atoms with van der Waals surface area (Å²) in [5.41, 5.74) is 16.9. The predicted octanol–water partition coefficient (Wildman–Crippen LogP) is 13.7. The van der Waals surface area contributed by atoms with Crippen molar-refractivity contribution >= 4 is 0 Å². The van der Waals surface area contributed by atoms with Crippen LogP contribution in [0.25, 0.3) is 66.8 Å². The van der Waals surface area contributed by atoms with Gasteiger partial charge in [0.25, 0.3) is 0 Å². The maximum Gasteiger partial charge on any atom is 0.417 e. The Morgan fingerprint density at radius 3 is 1.28 bits per heavy atom. The third-order valence-corrected chi connectivity index (χ3v) is 10.5. The molecule has 0 aliphatic rings. The Morgan fingerprint density at radius 1 is 0.396 bits per heavy atom. The van der Waals surface area contributed by atoms with Gasteiger partial charge in [-0.2, -0.15) is 13.2 Å². The molecule has 0 radical (unpaired) electrons. The summed E-state index contributed by atoms with van der Waals surface area (Å²) in [4.78, 5) is 8.82. The van der Waals surface area contributed by atoms with E-state index < -0.39 is 11.7 Å². The largest absolute Gasteiger partial charge is 0.417 e. The molecule has 0 fully saturated rings. The van der Waals surface area contributed by atoms with Crippen molar-refractivity contribution in [2.24, 2.45) is 0 Å². The lowest BCUT2D eigenvalue weighted by molar-refractivity contribution is -0.137. The molecule has 0 aliphatic heterocycles. The summed E-state index contributed by atoms with van der Waals surface area (Å²) in [5.74, 6) is 0. The standard InChI is InChI=1S/C48H41F3N2/c1-28-14-8-9-17-37(28)39-24-42(47-32(5)23-30(3)45(34(47)7)36-16-13-21-53-27-36)40(38-18-10-11-19-43(38)48(49,50)51)25-41(39)46-31(4)22-29(2)44(33(46)6)35-15-12-20-52-26-35/h8-27H,1-7H3. The Bertz CT molecular complexity index is 2500. The fourth-order valence-electron chi connectivity index (χ4n) is 8.41. The van der Waals surface area contributed by atoms with E-state index in [0.717, 1.165) is 94.6 Å². The predicted molar refractivity (Wildman–Crippen MR) is 213 cm³/mol. The van der Waals surface area contributed by atoms with Gasteiger partial charge in [-0.15, -0.1) is 0 Å². The van der Waals surface area contributed by atoms with Crippen LogP contribution in [-0.4, -0.2) is 9.97 Å². The number of aryl methyl sites for hydroxylation is 5. The van der Waals surface area contributed by atoms with Gasteiger partial charge < -0.3 is 0 Å². The third kappa shape index (κ3) is 6.46. The molecule has 2 heterocycles. The molecule has 7 rings (SSSR count). The van der Waals surface area contributed by atoms with Crippen molar-refractivity contribution in [3.8, 4) is 66.8 Å². The molecular formula is C48H41F3N2. The summed E-state index contributed by atoms with van der Waals surface area (Å²) in [6.07, 6.45) is 2.66. The topological polar surface area (TPSA) is 25.8 Å². The fraction of sp³-hybridized carbons (Fsp3) is 0.167. The molecule has 0 amide bonds. The maximum absolute atomic E-state index is 15.0. The van der Waals surface area contributed by atoms with Gasteiger partial charge in [-0.25, -0.2) is 0 Å². The van der Waals surface area contributed by atoms with Gasteiger partial charge in [0, 0.05) is 35.9 Å². The van der Waals surface area contributed by atoms with Gasteiger partial charge in [0.2, 0.25) is 0 Å². The number of aromatic nitrogens is 2. The van der Waals surface area contributed by atoms with E-state index in [2.05, 4.69) is 94.8 Å². The molecule has 0 bridgehead atoms. The van der Waals surface area contributed by atoms with Gasteiger partial charge >= 0.3 is 6.18 Å². The molecule has 5 aromatic carbocycles. The van der Waals surface area contributed by atoms with Crippen molar-refractivity contribution < 1.29 is 13.2 Å². The van der Waals surface area contributed by atoms with Crippen molar-refractivity contribution in [2.75, 3.05) is 0 Å². The van der Waals surface area contributed by atoms with Gasteiger partial charge in [-0.3, -0.25) is 9.97 Å². The van der Waals surface area contributed by atoms with Crippen molar-refractivity contribution in [1.82, 2.24) is 9.97 Å². The lowest BCUT2D eigenvalue weighted by Crippen LogP contribution is -2.08. The van der Waals surface area contributed by atoms with Gasteiger partial charge in [0.15, 0.2) is 0 Å². The van der Waals surface area contributed by atoms with Crippen LogP contribution in [0.4, 0.5) is 13.2 Å². The van der Waals surface area contributed by atoms with Crippen LogP contribution >= 0.6 is 0 Å². The molecule has 2 aromatic heterocycles. The second-order valence-corrected chi connectivity index (χ2v) is 14.1. The second-order valence-electron chi connectivity index (χ2n) is 14.1.